The number of hydrogen-bond acceptors (Lipinski definition) is 7. The highest BCUT2D eigenvalue weighted by Crippen LogP contribution is 2.26. The molecule has 4 heterocycles. The second-order valence-electron chi connectivity index (χ2n) is 6.80. The predicted octanol–water partition coefficient (Wildman–Crippen LogP) is 2.49. The average Bonchev–Trinajstić information content (AvgIpc) is 3.48. The topological polar surface area (TPSA) is 112 Å². The monoisotopic (exact) mass is 409 g/mol. The van der Waals surface area contributed by atoms with Gasteiger partial charge in [0.2, 0.25) is 0 Å². The number of hydrogen-bond donors (Lipinski definition) is 3. The van der Waals surface area contributed by atoms with E-state index in [1.54, 1.807) is 11.7 Å². The SMILES string of the molecule is O=C(Nc1cn[nH]c1-c1nc2ccc(CN3CCOCC3)cc2[nH]1)c1cncs1. The summed E-state index contributed by atoms with van der Waals surface area (Å²) in [5.41, 5.74) is 5.85. The highest BCUT2D eigenvalue weighted by atomic mass is 32.1. The number of aromatic nitrogens is 5. The third-order valence-corrected chi connectivity index (χ3v) is 5.61. The molecule has 0 saturated carbocycles. The Labute approximate surface area is 170 Å². The molecule has 3 aromatic heterocycles. The number of ether oxygens (including phenoxy) is 1. The molecule has 0 aliphatic carbocycles. The van der Waals surface area contributed by atoms with E-state index in [1.165, 1.54) is 23.1 Å². The van der Waals surface area contributed by atoms with E-state index in [0.717, 1.165) is 43.9 Å². The van der Waals surface area contributed by atoms with Crippen LogP contribution in [0.2, 0.25) is 0 Å². The van der Waals surface area contributed by atoms with Gasteiger partial charge >= 0.3 is 0 Å². The summed E-state index contributed by atoms with van der Waals surface area (Å²) in [6.45, 7) is 4.35. The molecule has 0 unspecified atom stereocenters. The number of fused-ring (bicyclic) bond motifs is 1. The number of H-pyrrole nitrogens is 2. The third kappa shape index (κ3) is 3.77. The molecule has 1 aliphatic heterocycles. The van der Waals surface area contributed by atoms with Crippen molar-refractivity contribution in [2.45, 2.75) is 6.54 Å². The molecule has 0 bridgehead atoms. The van der Waals surface area contributed by atoms with E-state index in [-0.39, 0.29) is 5.91 Å². The van der Waals surface area contributed by atoms with Crippen LogP contribution in [0.1, 0.15) is 15.2 Å². The van der Waals surface area contributed by atoms with Crippen LogP contribution in [0.4, 0.5) is 5.69 Å². The molecule has 1 aliphatic rings. The number of anilines is 1. The molecule has 9 nitrogen and oxygen atoms in total. The van der Waals surface area contributed by atoms with Gasteiger partial charge in [0.05, 0.1) is 47.8 Å². The lowest BCUT2D eigenvalue weighted by Gasteiger charge is -2.26. The molecule has 5 rings (SSSR count). The first-order valence-corrected chi connectivity index (χ1v) is 10.2. The van der Waals surface area contributed by atoms with E-state index in [4.69, 9.17) is 4.74 Å². The molecule has 1 fully saturated rings. The number of benzene rings is 1. The Morgan fingerprint density at radius 2 is 2.17 bits per heavy atom. The van der Waals surface area contributed by atoms with E-state index in [2.05, 4.69) is 47.5 Å². The van der Waals surface area contributed by atoms with Crippen LogP contribution in [0.15, 0.2) is 36.1 Å². The van der Waals surface area contributed by atoms with Crippen molar-refractivity contribution in [3.63, 3.8) is 0 Å². The maximum atomic E-state index is 12.3. The molecule has 10 heteroatoms. The van der Waals surface area contributed by atoms with Crippen LogP contribution in [0, 0.1) is 0 Å². The summed E-state index contributed by atoms with van der Waals surface area (Å²) < 4.78 is 5.41. The van der Waals surface area contributed by atoms with E-state index in [0.29, 0.717) is 22.1 Å². The van der Waals surface area contributed by atoms with Crippen LogP contribution in [0.25, 0.3) is 22.6 Å². The fourth-order valence-corrected chi connectivity index (χ4v) is 3.88. The molecule has 0 spiro atoms. The summed E-state index contributed by atoms with van der Waals surface area (Å²) >= 11 is 1.29. The molecule has 1 amide bonds. The minimum absolute atomic E-state index is 0.223. The zero-order valence-corrected chi connectivity index (χ0v) is 16.3. The Morgan fingerprint density at radius 3 is 3.00 bits per heavy atom. The maximum absolute atomic E-state index is 12.3. The first kappa shape index (κ1) is 18.0. The van der Waals surface area contributed by atoms with E-state index < -0.39 is 0 Å². The van der Waals surface area contributed by atoms with Crippen molar-refractivity contribution < 1.29 is 9.53 Å². The van der Waals surface area contributed by atoms with E-state index >= 15 is 0 Å². The Bertz CT molecular complexity index is 1130. The molecule has 4 aromatic rings. The number of nitrogens with zero attached hydrogens (tertiary/aromatic N) is 4. The third-order valence-electron chi connectivity index (χ3n) is 4.84. The number of carbonyl (C=O) groups is 1. The zero-order valence-electron chi connectivity index (χ0n) is 15.5. The number of carbonyl (C=O) groups excluding carboxylic acids is 1. The standard InChI is InChI=1S/C19H19N7O2S/c27-19(16-9-20-11-29-16)24-15-8-21-25-17(15)18-22-13-2-1-12(7-14(13)23-18)10-26-3-5-28-6-4-26/h1-2,7-9,11H,3-6,10H2,(H,21,25)(H,22,23)(H,24,27). The summed E-state index contributed by atoms with van der Waals surface area (Å²) in [5.74, 6) is 0.402. The van der Waals surface area contributed by atoms with Gasteiger partial charge in [0.15, 0.2) is 5.82 Å². The molecule has 1 saturated heterocycles. The molecule has 0 atom stereocenters. The Morgan fingerprint density at radius 1 is 1.28 bits per heavy atom. The van der Waals surface area contributed by atoms with Crippen LogP contribution in [-0.4, -0.2) is 62.3 Å². The van der Waals surface area contributed by atoms with Gasteiger partial charge in [0, 0.05) is 19.6 Å². The lowest BCUT2D eigenvalue weighted by atomic mass is 10.2. The minimum atomic E-state index is -0.223. The quantitative estimate of drug-likeness (QED) is 0.467. The largest absolute Gasteiger partial charge is 0.379 e. The van der Waals surface area contributed by atoms with Crippen LogP contribution in [-0.2, 0) is 11.3 Å². The van der Waals surface area contributed by atoms with Gasteiger partial charge in [-0.2, -0.15) is 5.10 Å². The normalized spacial score (nSPS) is 15.0. The number of morpholine rings is 1. The van der Waals surface area contributed by atoms with Crippen molar-refractivity contribution in [3.8, 4) is 11.5 Å². The van der Waals surface area contributed by atoms with Crippen molar-refractivity contribution in [3.05, 3.63) is 46.5 Å². The van der Waals surface area contributed by atoms with Gasteiger partial charge < -0.3 is 15.0 Å². The Kier molecular flexibility index (Phi) is 4.80. The number of rotatable bonds is 5. The molecular formula is C19H19N7O2S. The second kappa shape index (κ2) is 7.74. The van der Waals surface area contributed by atoms with Crippen molar-refractivity contribution in [1.29, 1.82) is 0 Å². The van der Waals surface area contributed by atoms with E-state index in [9.17, 15) is 4.79 Å². The van der Waals surface area contributed by atoms with Crippen LogP contribution in [0.5, 0.6) is 0 Å². The molecule has 148 valence electrons. The molecule has 0 radical (unpaired) electrons. The van der Waals surface area contributed by atoms with E-state index in [1.807, 2.05) is 6.07 Å². The van der Waals surface area contributed by atoms with Gasteiger partial charge in [-0.05, 0) is 17.7 Å². The lowest BCUT2D eigenvalue weighted by molar-refractivity contribution is 0.0342. The first-order chi connectivity index (χ1) is 14.3. The number of aromatic amines is 2. The van der Waals surface area contributed by atoms with Gasteiger partial charge in [-0.25, -0.2) is 4.98 Å². The Hall–Kier alpha value is -3.08. The van der Waals surface area contributed by atoms with Crippen LogP contribution >= 0.6 is 11.3 Å². The van der Waals surface area contributed by atoms with Crippen LogP contribution < -0.4 is 5.32 Å². The fraction of sp³-hybridized carbons (Fsp3) is 0.263. The van der Waals surface area contributed by atoms with Crippen LogP contribution in [0.3, 0.4) is 0 Å². The fourth-order valence-electron chi connectivity index (χ4n) is 3.36. The number of amides is 1. The summed E-state index contributed by atoms with van der Waals surface area (Å²) in [4.78, 5) is 27.2. The molecular weight excluding hydrogens is 390 g/mol. The lowest BCUT2D eigenvalue weighted by Crippen LogP contribution is -2.35. The first-order valence-electron chi connectivity index (χ1n) is 9.28. The van der Waals surface area contributed by atoms with Gasteiger partial charge in [-0.3, -0.25) is 19.8 Å². The summed E-state index contributed by atoms with van der Waals surface area (Å²) in [5, 5.41) is 9.85. The average molecular weight is 409 g/mol. The van der Waals surface area contributed by atoms with Crippen molar-refractivity contribution >= 4 is 34.0 Å². The highest BCUT2D eigenvalue weighted by molar-refractivity contribution is 7.11. The van der Waals surface area contributed by atoms with Crippen molar-refractivity contribution in [1.82, 2.24) is 30.0 Å². The summed E-state index contributed by atoms with van der Waals surface area (Å²) in [6, 6.07) is 6.23. The molecule has 3 N–H and O–H groups in total. The maximum Gasteiger partial charge on any atom is 0.267 e. The van der Waals surface area contributed by atoms with Crippen molar-refractivity contribution in [2.24, 2.45) is 0 Å². The van der Waals surface area contributed by atoms with Gasteiger partial charge in [-0.1, -0.05) is 6.07 Å². The number of nitrogens with one attached hydrogen (secondary N) is 3. The second-order valence-corrected chi connectivity index (χ2v) is 7.69. The van der Waals surface area contributed by atoms with Gasteiger partial charge in [-0.15, -0.1) is 11.3 Å². The molecule has 29 heavy (non-hydrogen) atoms. The van der Waals surface area contributed by atoms with Gasteiger partial charge in [0.25, 0.3) is 5.91 Å². The van der Waals surface area contributed by atoms with Crippen molar-refractivity contribution in [2.75, 3.05) is 31.6 Å². The summed E-state index contributed by atoms with van der Waals surface area (Å²) in [6.07, 6.45) is 3.11. The number of thiazole rings is 1. The zero-order chi connectivity index (χ0) is 19.6. The smallest absolute Gasteiger partial charge is 0.267 e. The molecule has 1 aromatic carbocycles. The highest BCUT2D eigenvalue weighted by Gasteiger charge is 2.17. The Balaban J connectivity index is 1.38. The minimum Gasteiger partial charge on any atom is -0.379 e. The summed E-state index contributed by atoms with van der Waals surface area (Å²) in [7, 11) is 0. The van der Waals surface area contributed by atoms with Gasteiger partial charge in [0.1, 0.15) is 10.6 Å². The predicted molar refractivity (Wildman–Crippen MR) is 110 cm³/mol. The number of imidazole rings is 1.